The molecule has 0 aliphatic carbocycles. The van der Waals surface area contributed by atoms with E-state index in [0.29, 0.717) is 34.4 Å². The number of hydrogen-bond acceptors (Lipinski definition) is 9. The number of nitrogens with zero attached hydrogens (tertiary/aromatic N) is 8. The van der Waals surface area contributed by atoms with Crippen LogP contribution in [0.1, 0.15) is 15.9 Å². The zero-order valence-electron chi connectivity index (χ0n) is 52.9. The molecule has 0 radical (unpaired) electrons. The number of fused-ring (bicyclic) bond motifs is 7. The molecule has 0 fully saturated rings. The summed E-state index contributed by atoms with van der Waals surface area (Å²) in [5.74, 6) is 1.60. The molecule has 2 aliphatic heterocycles. The lowest BCUT2D eigenvalue weighted by molar-refractivity contribution is 0.0473. The first-order valence-corrected chi connectivity index (χ1v) is 32.9. The fourth-order valence-electron chi connectivity index (χ4n) is 14.2. The highest BCUT2D eigenvalue weighted by atomic mass is 16.5. The van der Waals surface area contributed by atoms with Crippen LogP contribution in [-0.2, 0) is 11.3 Å². The minimum Gasteiger partial charge on any atom is -0.457 e. The third-order valence-corrected chi connectivity index (χ3v) is 18.8. The fraction of sp³-hybridized carbons (Fsp3) is 0.0115. The van der Waals surface area contributed by atoms with Gasteiger partial charge in [-0.1, -0.05) is 237 Å². The first kappa shape index (κ1) is 57.5. The average molecular weight is 1260 g/mol. The van der Waals surface area contributed by atoms with Crippen molar-refractivity contribution < 1.29 is 9.53 Å². The normalized spacial score (nSPS) is 12.1. The first-order chi connectivity index (χ1) is 48.5. The molecule has 0 atom stereocenters. The summed E-state index contributed by atoms with van der Waals surface area (Å²) in [4.78, 5) is 45.5. The van der Waals surface area contributed by atoms with E-state index >= 15 is 0 Å². The largest absolute Gasteiger partial charge is 0.457 e. The van der Waals surface area contributed by atoms with Gasteiger partial charge in [-0.25, -0.2) is 29.7 Å². The van der Waals surface area contributed by atoms with Gasteiger partial charge in [0.2, 0.25) is 0 Å². The van der Waals surface area contributed by atoms with Gasteiger partial charge in [-0.2, -0.15) is 0 Å². The Morgan fingerprint density at radius 3 is 1.41 bits per heavy atom. The van der Waals surface area contributed by atoms with E-state index in [2.05, 4.69) is 221 Å². The van der Waals surface area contributed by atoms with Crippen LogP contribution in [0.4, 0.5) is 34.1 Å². The molecule has 16 aromatic rings. The summed E-state index contributed by atoms with van der Waals surface area (Å²) in [6.45, 7) is 0.223. The smallest absolute Gasteiger partial charge is 0.338 e. The lowest BCUT2D eigenvalue weighted by atomic mass is 9.33. The van der Waals surface area contributed by atoms with Crippen LogP contribution in [-0.4, -0.2) is 42.2 Å². The third kappa shape index (κ3) is 10.2. The Labute approximate surface area is 566 Å². The van der Waals surface area contributed by atoms with Gasteiger partial charge in [0.05, 0.1) is 33.7 Å². The monoisotopic (exact) mass is 1260 g/mol. The molecule has 0 unspecified atom stereocenters. The van der Waals surface area contributed by atoms with Gasteiger partial charge in [-0.05, 0) is 130 Å². The maximum atomic E-state index is 13.9. The highest BCUT2D eigenvalue weighted by Gasteiger charge is 2.43. The van der Waals surface area contributed by atoms with Crippen molar-refractivity contribution >= 4 is 85.0 Å². The van der Waals surface area contributed by atoms with Crippen molar-refractivity contribution in [2.45, 2.75) is 6.61 Å². The van der Waals surface area contributed by atoms with Crippen LogP contribution in [0.25, 0.3) is 107 Å². The Morgan fingerprint density at radius 2 is 0.786 bits per heavy atom. The van der Waals surface area contributed by atoms with Crippen molar-refractivity contribution in [3.63, 3.8) is 0 Å². The lowest BCUT2D eigenvalue weighted by Gasteiger charge is -2.44. The zero-order chi connectivity index (χ0) is 65.0. The lowest BCUT2D eigenvalue weighted by Crippen LogP contribution is -2.61. The highest BCUT2D eigenvalue weighted by molar-refractivity contribution is 7.00. The first-order valence-electron chi connectivity index (χ1n) is 32.9. The number of carbonyl (C=O) groups excluding carboxylic acids is 1. The van der Waals surface area contributed by atoms with E-state index in [4.69, 9.17) is 29.7 Å². The number of hydrogen-bond donors (Lipinski definition) is 0. The number of aromatic nitrogens is 6. The van der Waals surface area contributed by atoms with E-state index in [9.17, 15) is 4.79 Å². The summed E-state index contributed by atoms with van der Waals surface area (Å²) in [6.07, 6.45) is 0. The number of carbonyl (C=O) groups is 1. The van der Waals surface area contributed by atoms with Crippen molar-refractivity contribution in [3.8, 4) is 84.9 Å². The van der Waals surface area contributed by atoms with Gasteiger partial charge in [0, 0.05) is 78.3 Å². The minimum atomic E-state index is -0.404. The van der Waals surface area contributed by atoms with E-state index in [1.54, 1.807) is 0 Å². The van der Waals surface area contributed by atoms with Gasteiger partial charge in [0.1, 0.15) is 6.61 Å². The standard InChI is InChI=1S/C87H57BN8O2/c97-87(98-56-57-23-6-1-7-24-57)65-48-52-76-69(54-65)68-33-16-19-36-75(68)96(76)77-51-47-64(85-89-73(60-25-8-2-9-26-60)55-74(90-85)61-27-10-3-11-28-61)53-70(77)86-92-83(62-29-12-4-13-30-62)91-84(93-86)63-43-41-58(42-44-63)59-45-49-67(50-46-59)95-79-38-21-18-35-72(79)88-71-34-17-20-37-78(71)94(66-31-14-5-15-32-66)80-39-22-40-81(95)82(80)88/h1-55H,56H2. The fourth-order valence-corrected chi connectivity index (χ4v) is 14.2. The molecule has 98 heavy (non-hydrogen) atoms. The summed E-state index contributed by atoms with van der Waals surface area (Å²) in [5.41, 5.74) is 23.5. The van der Waals surface area contributed by atoms with Gasteiger partial charge in [0.25, 0.3) is 6.71 Å². The van der Waals surface area contributed by atoms with Gasteiger partial charge in [-0.3, -0.25) is 0 Å². The number of ether oxygens (including phenoxy) is 1. The molecule has 3 aromatic heterocycles. The summed E-state index contributed by atoms with van der Waals surface area (Å²) in [6, 6.07) is 115. The van der Waals surface area contributed by atoms with E-state index in [1.807, 2.05) is 127 Å². The van der Waals surface area contributed by atoms with Gasteiger partial charge in [-0.15, -0.1) is 0 Å². The summed E-state index contributed by atoms with van der Waals surface area (Å²) in [7, 11) is 0. The van der Waals surface area contributed by atoms with Crippen LogP contribution >= 0.6 is 0 Å². The number of para-hydroxylation sites is 4. The Bertz CT molecular complexity index is 5660. The predicted octanol–water partition coefficient (Wildman–Crippen LogP) is 18.9. The van der Waals surface area contributed by atoms with Crippen LogP contribution in [0, 0.1) is 0 Å². The third-order valence-electron chi connectivity index (χ3n) is 18.8. The number of anilines is 6. The van der Waals surface area contributed by atoms with Crippen molar-refractivity contribution in [2.24, 2.45) is 0 Å². The minimum absolute atomic E-state index is 0.0605. The second-order valence-corrected chi connectivity index (χ2v) is 24.6. The topological polar surface area (TPSA) is 102 Å². The van der Waals surface area contributed by atoms with E-state index in [1.165, 1.54) is 27.8 Å². The van der Waals surface area contributed by atoms with Gasteiger partial charge in [0.15, 0.2) is 23.3 Å². The van der Waals surface area contributed by atoms with Crippen molar-refractivity contribution in [3.05, 3.63) is 345 Å². The van der Waals surface area contributed by atoms with Crippen molar-refractivity contribution in [2.75, 3.05) is 9.80 Å². The molecule has 11 heteroatoms. The van der Waals surface area contributed by atoms with Crippen LogP contribution in [0.5, 0.6) is 0 Å². The summed E-state index contributed by atoms with van der Waals surface area (Å²) in [5, 5.41) is 1.85. The predicted molar refractivity (Wildman–Crippen MR) is 397 cm³/mol. The van der Waals surface area contributed by atoms with E-state index in [-0.39, 0.29) is 13.3 Å². The van der Waals surface area contributed by atoms with Crippen molar-refractivity contribution in [1.29, 1.82) is 0 Å². The molecular formula is C87H57BN8O2. The second kappa shape index (κ2) is 24.3. The Balaban J connectivity index is 0.754. The van der Waals surface area contributed by atoms with Crippen molar-refractivity contribution in [1.82, 2.24) is 29.5 Å². The van der Waals surface area contributed by atoms with Gasteiger partial charge >= 0.3 is 5.97 Å². The van der Waals surface area contributed by atoms with Crippen LogP contribution in [0.2, 0.25) is 0 Å². The van der Waals surface area contributed by atoms with Gasteiger partial charge < -0.3 is 19.1 Å². The maximum absolute atomic E-state index is 13.9. The number of benzene rings is 13. The molecule has 13 aromatic carbocycles. The van der Waals surface area contributed by atoms with E-state index in [0.717, 1.165) is 106 Å². The zero-order valence-corrected chi connectivity index (χ0v) is 52.9. The molecule has 0 saturated heterocycles. The Kier molecular flexibility index (Phi) is 14.3. The summed E-state index contributed by atoms with van der Waals surface area (Å²) >= 11 is 0. The highest BCUT2D eigenvalue weighted by Crippen LogP contribution is 2.45. The molecule has 460 valence electrons. The molecule has 0 saturated carbocycles. The molecule has 0 amide bonds. The van der Waals surface area contributed by atoms with Crippen LogP contribution in [0.3, 0.4) is 0 Å². The Hall–Kier alpha value is -13.1. The quantitative estimate of drug-likeness (QED) is 0.0825. The number of esters is 1. The molecule has 5 heterocycles. The molecular weight excluding hydrogens is 1200 g/mol. The molecule has 0 bridgehead atoms. The summed E-state index contributed by atoms with van der Waals surface area (Å²) < 4.78 is 8.12. The molecule has 18 rings (SSSR count). The van der Waals surface area contributed by atoms with E-state index < -0.39 is 5.97 Å². The molecule has 10 nitrogen and oxygen atoms in total. The molecule has 0 N–H and O–H groups in total. The van der Waals surface area contributed by atoms with Crippen LogP contribution in [0.15, 0.2) is 334 Å². The Morgan fingerprint density at radius 1 is 0.327 bits per heavy atom. The van der Waals surface area contributed by atoms with Crippen LogP contribution < -0.4 is 26.2 Å². The molecule has 2 aliphatic rings. The second-order valence-electron chi connectivity index (χ2n) is 24.6. The molecule has 0 spiro atoms. The maximum Gasteiger partial charge on any atom is 0.338 e. The SMILES string of the molecule is O=C(OCc1ccccc1)c1ccc2c(c1)c1ccccc1n2-c1ccc(-c2nc(-c3ccccc3)cc(-c3ccccc3)n2)cc1-c1nc(-c2ccccc2)nc(-c2ccc(-c3ccc(N4c5ccccc5B5c6ccccc6N(c6ccccc6)c6cccc4c65)cc3)cc2)n1. The number of rotatable bonds is 13. The average Bonchev–Trinajstić information content (AvgIpc) is 0.831.